The SMILES string of the molecule is O=C(CC1(COc2ccccc2)CCCN(S(=O)(=O)c2ccc(Cl)cc2)C1)N1CCCCC1. The monoisotopic (exact) mass is 490 g/mol. The minimum absolute atomic E-state index is 0.0945. The molecule has 178 valence electrons. The molecule has 0 N–H and O–H groups in total. The standard InChI is InChI=1S/C25H31ClN2O4S/c26-21-10-12-23(13-11-21)33(30,31)28-17-7-14-25(19-28,20-32-22-8-3-1-4-9-22)18-24(29)27-15-5-2-6-16-27/h1,3-4,8-13H,2,5-7,14-20H2. The third kappa shape index (κ3) is 5.89. The lowest BCUT2D eigenvalue weighted by atomic mass is 9.78. The van der Waals surface area contributed by atoms with Crippen molar-refractivity contribution in [3.8, 4) is 5.75 Å². The van der Waals surface area contributed by atoms with Crippen LogP contribution in [0.15, 0.2) is 59.5 Å². The lowest BCUT2D eigenvalue weighted by molar-refractivity contribution is -0.136. The topological polar surface area (TPSA) is 66.9 Å². The van der Waals surface area contributed by atoms with Gasteiger partial charge in [0.05, 0.1) is 11.5 Å². The van der Waals surface area contributed by atoms with Crippen molar-refractivity contribution in [3.05, 3.63) is 59.6 Å². The fraction of sp³-hybridized carbons (Fsp3) is 0.480. The zero-order valence-corrected chi connectivity index (χ0v) is 20.4. The maximum absolute atomic E-state index is 13.4. The number of nitrogens with zero attached hydrogens (tertiary/aromatic N) is 2. The number of amides is 1. The highest BCUT2D eigenvalue weighted by Gasteiger charge is 2.43. The van der Waals surface area contributed by atoms with Gasteiger partial charge >= 0.3 is 0 Å². The Morgan fingerprint density at radius 1 is 0.939 bits per heavy atom. The lowest BCUT2D eigenvalue weighted by Crippen LogP contribution is -2.51. The Balaban J connectivity index is 1.57. The zero-order chi connectivity index (χ0) is 23.3. The van der Waals surface area contributed by atoms with Crippen LogP contribution in [0.2, 0.25) is 5.02 Å². The number of para-hydroxylation sites is 1. The van der Waals surface area contributed by atoms with Gasteiger partial charge in [0.1, 0.15) is 5.75 Å². The smallest absolute Gasteiger partial charge is 0.243 e. The number of sulfonamides is 1. The summed E-state index contributed by atoms with van der Waals surface area (Å²) < 4.78 is 34.4. The maximum Gasteiger partial charge on any atom is 0.243 e. The molecule has 2 heterocycles. The van der Waals surface area contributed by atoms with E-state index in [9.17, 15) is 13.2 Å². The molecule has 2 aromatic rings. The van der Waals surface area contributed by atoms with E-state index in [1.54, 1.807) is 12.1 Å². The van der Waals surface area contributed by atoms with Crippen LogP contribution >= 0.6 is 11.6 Å². The Bertz CT molecular complexity index is 1040. The Morgan fingerprint density at radius 3 is 2.33 bits per heavy atom. The molecule has 1 atom stereocenters. The van der Waals surface area contributed by atoms with Gasteiger partial charge in [0.15, 0.2) is 0 Å². The Morgan fingerprint density at radius 2 is 1.64 bits per heavy atom. The third-order valence-corrected chi connectivity index (χ3v) is 8.71. The highest BCUT2D eigenvalue weighted by Crippen LogP contribution is 2.37. The Kier molecular flexibility index (Phi) is 7.62. The molecule has 4 rings (SSSR count). The molecule has 0 aromatic heterocycles. The molecule has 2 aliphatic heterocycles. The summed E-state index contributed by atoms with van der Waals surface area (Å²) in [4.78, 5) is 15.4. The van der Waals surface area contributed by atoms with E-state index in [-0.39, 0.29) is 23.8 Å². The van der Waals surface area contributed by atoms with Crippen molar-refractivity contribution in [1.82, 2.24) is 9.21 Å². The number of piperidine rings is 2. The van der Waals surface area contributed by atoms with Crippen LogP contribution in [-0.2, 0) is 14.8 Å². The van der Waals surface area contributed by atoms with Gasteiger partial charge < -0.3 is 9.64 Å². The van der Waals surface area contributed by atoms with Crippen LogP contribution in [-0.4, -0.2) is 56.3 Å². The second-order valence-corrected chi connectivity index (χ2v) is 11.5. The summed E-state index contributed by atoms with van der Waals surface area (Å²) in [6.07, 6.45) is 4.91. The van der Waals surface area contributed by atoms with E-state index >= 15 is 0 Å². The second kappa shape index (κ2) is 10.5. The molecule has 2 fully saturated rings. The molecule has 0 aliphatic carbocycles. The molecule has 2 aromatic carbocycles. The van der Waals surface area contributed by atoms with E-state index in [2.05, 4.69) is 0 Å². The highest BCUT2D eigenvalue weighted by molar-refractivity contribution is 7.89. The number of likely N-dealkylation sites (tertiary alicyclic amines) is 1. The first-order valence-corrected chi connectivity index (χ1v) is 13.4. The number of rotatable bonds is 7. The summed E-state index contributed by atoms with van der Waals surface area (Å²) >= 11 is 5.96. The first-order valence-electron chi connectivity index (χ1n) is 11.6. The van der Waals surface area contributed by atoms with Gasteiger partial charge in [0, 0.05) is 43.0 Å². The summed E-state index contributed by atoms with van der Waals surface area (Å²) in [5.41, 5.74) is -0.581. The average Bonchev–Trinajstić information content (AvgIpc) is 2.84. The molecule has 2 saturated heterocycles. The van der Waals surface area contributed by atoms with Crippen LogP contribution in [0.25, 0.3) is 0 Å². The van der Waals surface area contributed by atoms with Crippen molar-refractivity contribution < 1.29 is 17.9 Å². The summed E-state index contributed by atoms with van der Waals surface area (Å²) in [5.74, 6) is 0.817. The summed E-state index contributed by atoms with van der Waals surface area (Å²) in [6.45, 7) is 2.53. The van der Waals surface area contributed by atoms with E-state index in [0.717, 1.165) is 44.5 Å². The fourth-order valence-corrected chi connectivity index (χ4v) is 6.48. The summed E-state index contributed by atoms with van der Waals surface area (Å²) in [7, 11) is -3.70. The first-order chi connectivity index (χ1) is 15.9. The molecule has 0 radical (unpaired) electrons. The van der Waals surface area contributed by atoms with Crippen LogP contribution in [0.4, 0.5) is 0 Å². The van der Waals surface area contributed by atoms with Crippen LogP contribution in [0.5, 0.6) is 5.75 Å². The number of hydrogen-bond donors (Lipinski definition) is 0. The van der Waals surface area contributed by atoms with E-state index < -0.39 is 15.4 Å². The molecular weight excluding hydrogens is 460 g/mol. The van der Waals surface area contributed by atoms with Crippen molar-refractivity contribution in [2.24, 2.45) is 5.41 Å². The van der Waals surface area contributed by atoms with Gasteiger partial charge in [0.25, 0.3) is 0 Å². The van der Waals surface area contributed by atoms with E-state index in [1.807, 2.05) is 35.2 Å². The number of ether oxygens (including phenoxy) is 1. The molecule has 0 saturated carbocycles. The van der Waals surface area contributed by atoms with E-state index in [4.69, 9.17) is 16.3 Å². The van der Waals surface area contributed by atoms with Gasteiger partial charge in [-0.1, -0.05) is 29.8 Å². The van der Waals surface area contributed by atoms with Crippen LogP contribution < -0.4 is 4.74 Å². The van der Waals surface area contributed by atoms with E-state index in [0.29, 0.717) is 24.6 Å². The maximum atomic E-state index is 13.4. The zero-order valence-electron chi connectivity index (χ0n) is 18.8. The number of benzene rings is 2. The van der Waals surface area contributed by atoms with Crippen molar-refractivity contribution in [2.45, 2.75) is 43.4 Å². The molecule has 33 heavy (non-hydrogen) atoms. The number of carbonyl (C=O) groups is 1. The van der Waals surface area contributed by atoms with Crippen molar-refractivity contribution in [1.29, 1.82) is 0 Å². The fourth-order valence-electron chi connectivity index (χ4n) is 4.77. The molecular formula is C25H31ClN2O4S. The molecule has 1 amide bonds. The molecule has 0 spiro atoms. The predicted molar refractivity (Wildman–Crippen MR) is 129 cm³/mol. The van der Waals surface area contributed by atoms with Crippen molar-refractivity contribution >= 4 is 27.5 Å². The molecule has 6 nitrogen and oxygen atoms in total. The van der Waals surface area contributed by atoms with Gasteiger partial charge in [-0.15, -0.1) is 0 Å². The number of halogens is 1. The molecule has 2 aliphatic rings. The number of hydrogen-bond acceptors (Lipinski definition) is 4. The van der Waals surface area contributed by atoms with E-state index in [1.165, 1.54) is 16.4 Å². The van der Waals surface area contributed by atoms with Gasteiger partial charge in [-0.2, -0.15) is 4.31 Å². The largest absolute Gasteiger partial charge is 0.493 e. The lowest BCUT2D eigenvalue weighted by Gasteiger charge is -2.42. The summed E-state index contributed by atoms with van der Waals surface area (Å²) in [5, 5.41) is 0.491. The average molecular weight is 491 g/mol. The van der Waals surface area contributed by atoms with Crippen LogP contribution in [0.3, 0.4) is 0 Å². The van der Waals surface area contributed by atoms with Gasteiger partial charge in [-0.05, 0) is 68.5 Å². The first kappa shape index (κ1) is 24.0. The Labute approximate surface area is 201 Å². The van der Waals surface area contributed by atoms with Crippen LogP contribution in [0.1, 0.15) is 38.5 Å². The van der Waals surface area contributed by atoms with Gasteiger partial charge in [-0.3, -0.25) is 4.79 Å². The minimum Gasteiger partial charge on any atom is -0.493 e. The van der Waals surface area contributed by atoms with Gasteiger partial charge in [0.2, 0.25) is 15.9 Å². The number of carbonyl (C=O) groups excluding carboxylic acids is 1. The molecule has 1 unspecified atom stereocenters. The second-order valence-electron chi connectivity index (χ2n) is 9.12. The van der Waals surface area contributed by atoms with Crippen molar-refractivity contribution in [3.63, 3.8) is 0 Å². The molecule has 8 heteroatoms. The quantitative estimate of drug-likeness (QED) is 0.569. The minimum atomic E-state index is -3.70. The Hall–Kier alpha value is -2.09. The van der Waals surface area contributed by atoms with Crippen molar-refractivity contribution in [2.75, 3.05) is 32.8 Å². The van der Waals surface area contributed by atoms with Crippen LogP contribution in [0, 0.1) is 5.41 Å². The van der Waals surface area contributed by atoms with Gasteiger partial charge in [-0.25, -0.2) is 8.42 Å². The summed E-state index contributed by atoms with van der Waals surface area (Å²) in [6, 6.07) is 15.7. The highest BCUT2D eigenvalue weighted by atomic mass is 35.5. The molecule has 0 bridgehead atoms. The normalized spacial score (nSPS) is 22.2. The predicted octanol–water partition coefficient (Wildman–Crippen LogP) is 4.59. The third-order valence-electron chi connectivity index (χ3n) is 6.60.